The molecule has 0 saturated carbocycles. The van der Waals surface area contributed by atoms with Gasteiger partial charge in [-0.3, -0.25) is 4.79 Å². The van der Waals surface area contributed by atoms with Gasteiger partial charge in [-0.05, 0) is 46.5 Å². The van der Waals surface area contributed by atoms with Gasteiger partial charge < -0.3 is 10.6 Å². The lowest BCUT2D eigenvalue weighted by Crippen LogP contribution is -2.49. The Morgan fingerprint density at radius 3 is 2.95 bits per heavy atom. The summed E-state index contributed by atoms with van der Waals surface area (Å²) < 4.78 is 0.751. The van der Waals surface area contributed by atoms with Crippen molar-refractivity contribution >= 4 is 33.4 Å². The molecule has 0 radical (unpaired) electrons. The standard InChI is InChI=1S/C14H18BrClN2O/c1-2-9-8-18(6-5-13(9)17)14(19)10-3-4-12(16)11(15)7-10/h3-4,7,9,13H,2,5-6,8,17H2,1H3. The lowest BCUT2D eigenvalue weighted by molar-refractivity contribution is 0.0649. The molecule has 1 heterocycles. The number of nitrogens with zero attached hydrogens (tertiary/aromatic N) is 1. The molecule has 0 aliphatic carbocycles. The largest absolute Gasteiger partial charge is 0.338 e. The van der Waals surface area contributed by atoms with Crippen LogP contribution in [0.15, 0.2) is 22.7 Å². The lowest BCUT2D eigenvalue weighted by atomic mass is 9.90. The molecule has 104 valence electrons. The molecule has 0 spiro atoms. The Balaban J connectivity index is 2.13. The first-order valence-corrected chi connectivity index (χ1v) is 7.70. The minimum absolute atomic E-state index is 0.0581. The molecule has 1 aliphatic rings. The molecular formula is C14H18BrClN2O. The maximum atomic E-state index is 12.5. The fourth-order valence-corrected chi connectivity index (χ4v) is 2.97. The quantitative estimate of drug-likeness (QED) is 0.894. The van der Waals surface area contributed by atoms with Gasteiger partial charge in [0, 0.05) is 29.2 Å². The Morgan fingerprint density at radius 2 is 2.32 bits per heavy atom. The lowest BCUT2D eigenvalue weighted by Gasteiger charge is -2.36. The number of likely N-dealkylation sites (tertiary alicyclic amines) is 1. The Kier molecular flexibility index (Phi) is 4.87. The van der Waals surface area contributed by atoms with Gasteiger partial charge in [-0.15, -0.1) is 0 Å². The van der Waals surface area contributed by atoms with Gasteiger partial charge in [0.05, 0.1) is 5.02 Å². The summed E-state index contributed by atoms with van der Waals surface area (Å²) in [6.45, 7) is 3.60. The molecule has 2 atom stereocenters. The van der Waals surface area contributed by atoms with Crippen molar-refractivity contribution in [2.45, 2.75) is 25.8 Å². The van der Waals surface area contributed by atoms with E-state index in [0.717, 1.165) is 30.4 Å². The monoisotopic (exact) mass is 344 g/mol. The average molecular weight is 346 g/mol. The molecule has 0 aromatic heterocycles. The summed E-state index contributed by atoms with van der Waals surface area (Å²) in [6, 6.07) is 5.50. The number of hydrogen-bond acceptors (Lipinski definition) is 2. The number of benzene rings is 1. The van der Waals surface area contributed by atoms with Gasteiger partial charge in [0.25, 0.3) is 5.91 Å². The van der Waals surface area contributed by atoms with Gasteiger partial charge in [-0.25, -0.2) is 0 Å². The molecular weight excluding hydrogens is 328 g/mol. The third-order valence-electron chi connectivity index (χ3n) is 3.77. The zero-order valence-corrected chi connectivity index (χ0v) is 13.2. The summed E-state index contributed by atoms with van der Waals surface area (Å²) in [6.07, 6.45) is 1.88. The molecule has 5 heteroatoms. The third-order valence-corrected chi connectivity index (χ3v) is 4.98. The molecule has 1 amide bonds. The summed E-state index contributed by atoms with van der Waals surface area (Å²) >= 11 is 9.30. The second-order valence-corrected chi connectivity index (χ2v) is 6.26. The number of nitrogens with two attached hydrogens (primary N) is 1. The van der Waals surface area contributed by atoms with E-state index in [0.29, 0.717) is 16.5 Å². The average Bonchev–Trinajstić information content (AvgIpc) is 2.41. The molecule has 0 bridgehead atoms. The molecule has 19 heavy (non-hydrogen) atoms. The van der Waals surface area contributed by atoms with Crippen molar-refractivity contribution in [1.29, 1.82) is 0 Å². The van der Waals surface area contributed by atoms with Gasteiger partial charge >= 0.3 is 0 Å². The van der Waals surface area contributed by atoms with Gasteiger partial charge in [-0.2, -0.15) is 0 Å². The smallest absolute Gasteiger partial charge is 0.253 e. The molecule has 1 aromatic carbocycles. The molecule has 3 nitrogen and oxygen atoms in total. The van der Waals surface area contributed by atoms with Gasteiger partial charge in [0.2, 0.25) is 0 Å². The van der Waals surface area contributed by atoms with Crippen LogP contribution in [0.25, 0.3) is 0 Å². The first-order chi connectivity index (χ1) is 9.02. The fourth-order valence-electron chi connectivity index (χ4n) is 2.48. The Hall–Kier alpha value is -0.580. The Morgan fingerprint density at radius 1 is 1.58 bits per heavy atom. The van der Waals surface area contributed by atoms with Crippen LogP contribution in [-0.4, -0.2) is 29.9 Å². The van der Waals surface area contributed by atoms with Crippen LogP contribution in [0.1, 0.15) is 30.1 Å². The van der Waals surface area contributed by atoms with Crippen LogP contribution >= 0.6 is 27.5 Å². The van der Waals surface area contributed by atoms with E-state index >= 15 is 0 Å². The number of piperidine rings is 1. The van der Waals surface area contributed by atoms with Gasteiger partial charge in [0.15, 0.2) is 0 Å². The maximum Gasteiger partial charge on any atom is 0.253 e. The highest BCUT2D eigenvalue weighted by Gasteiger charge is 2.28. The zero-order valence-electron chi connectivity index (χ0n) is 10.9. The van der Waals surface area contributed by atoms with Crippen molar-refractivity contribution in [3.05, 3.63) is 33.3 Å². The van der Waals surface area contributed by atoms with Gasteiger partial charge in [-0.1, -0.05) is 24.9 Å². The highest BCUT2D eigenvalue weighted by molar-refractivity contribution is 9.10. The summed E-state index contributed by atoms with van der Waals surface area (Å²) in [4.78, 5) is 14.3. The number of halogens is 2. The predicted molar refractivity (Wildman–Crippen MR) is 81.4 cm³/mol. The van der Waals surface area contributed by atoms with Crippen LogP contribution in [0.2, 0.25) is 5.02 Å². The summed E-state index contributed by atoms with van der Waals surface area (Å²) in [7, 11) is 0. The van der Waals surface area contributed by atoms with E-state index in [-0.39, 0.29) is 11.9 Å². The minimum Gasteiger partial charge on any atom is -0.338 e. The van der Waals surface area contributed by atoms with Crippen LogP contribution < -0.4 is 5.73 Å². The van der Waals surface area contributed by atoms with Crippen molar-refractivity contribution in [3.63, 3.8) is 0 Å². The van der Waals surface area contributed by atoms with Crippen LogP contribution in [-0.2, 0) is 0 Å². The van der Waals surface area contributed by atoms with Crippen LogP contribution in [0.3, 0.4) is 0 Å². The number of hydrogen-bond donors (Lipinski definition) is 1. The van der Waals surface area contributed by atoms with E-state index in [1.54, 1.807) is 18.2 Å². The molecule has 1 aromatic rings. The molecule has 1 saturated heterocycles. The second kappa shape index (κ2) is 6.25. The first-order valence-electron chi connectivity index (χ1n) is 6.52. The third kappa shape index (κ3) is 3.30. The first kappa shape index (κ1) is 14.8. The van der Waals surface area contributed by atoms with E-state index in [2.05, 4.69) is 22.9 Å². The van der Waals surface area contributed by atoms with Crippen molar-refractivity contribution < 1.29 is 4.79 Å². The topological polar surface area (TPSA) is 46.3 Å². The van der Waals surface area contributed by atoms with Crippen molar-refractivity contribution in [3.8, 4) is 0 Å². The molecule has 2 N–H and O–H groups in total. The summed E-state index contributed by atoms with van der Waals surface area (Å²) in [5, 5.41) is 0.614. The summed E-state index contributed by atoms with van der Waals surface area (Å²) in [5.41, 5.74) is 6.74. The second-order valence-electron chi connectivity index (χ2n) is 5.00. The summed E-state index contributed by atoms with van der Waals surface area (Å²) in [5.74, 6) is 0.455. The molecule has 2 rings (SSSR count). The van der Waals surface area contributed by atoms with E-state index in [4.69, 9.17) is 17.3 Å². The number of carbonyl (C=O) groups excluding carboxylic acids is 1. The van der Waals surface area contributed by atoms with E-state index < -0.39 is 0 Å². The Labute approximate surface area is 127 Å². The van der Waals surface area contributed by atoms with E-state index in [1.165, 1.54) is 0 Å². The number of rotatable bonds is 2. The highest BCUT2D eigenvalue weighted by Crippen LogP contribution is 2.25. The van der Waals surface area contributed by atoms with Gasteiger partial charge in [0.1, 0.15) is 0 Å². The van der Waals surface area contributed by atoms with E-state index in [9.17, 15) is 4.79 Å². The van der Waals surface area contributed by atoms with Crippen molar-refractivity contribution in [2.75, 3.05) is 13.1 Å². The number of carbonyl (C=O) groups is 1. The van der Waals surface area contributed by atoms with Crippen molar-refractivity contribution in [2.24, 2.45) is 11.7 Å². The van der Waals surface area contributed by atoms with Crippen LogP contribution in [0.5, 0.6) is 0 Å². The normalized spacial score (nSPS) is 23.5. The zero-order chi connectivity index (χ0) is 14.0. The Bertz CT molecular complexity index is 481. The molecule has 1 fully saturated rings. The van der Waals surface area contributed by atoms with Crippen LogP contribution in [0, 0.1) is 5.92 Å². The molecule has 1 aliphatic heterocycles. The van der Waals surface area contributed by atoms with E-state index in [1.807, 2.05) is 4.90 Å². The minimum atomic E-state index is 0.0581. The molecule has 2 unspecified atom stereocenters. The maximum absolute atomic E-state index is 12.5. The SMILES string of the molecule is CCC1CN(C(=O)c2ccc(Cl)c(Br)c2)CCC1N. The fraction of sp³-hybridized carbons (Fsp3) is 0.500. The van der Waals surface area contributed by atoms with Crippen molar-refractivity contribution in [1.82, 2.24) is 4.90 Å². The van der Waals surface area contributed by atoms with Crippen LogP contribution in [0.4, 0.5) is 0 Å². The predicted octanol–water partition coefficient (Wildman–Crippen LogP) is 3.30. The highest BCUT2D eigenvalue weighted by atomic mass is 79.9. The number of amides is 1.